The smallest absolute Gasteiger partial charge is 0.261 e. The average molecular weight is 397 g/mol. The van der Waals surface area contributed by atoms with Crippen LogP contribution in [-0.2, 0) is 16.0 Å². The van der Waals surface area contributed by atoms with E-state index in [1.54, 1.807) is 11.8 Å². The fourth-order valence-electron chi connectivity index (χ4n) is 3.27. The summed E-state index contributed by atoms with van der Waals surface area (Å²) in [6.07, 6.45) is 0.679. The van der Waals surface area contributed by atoms with Gasteiger partial charge in [0.05, 0.1) is 0 Å². The minimum Gasteiger partial charge on any atom is -0.483 e. The second-order valence-corrected chi connectivity index (χ2v) is 7.39. The first kappa shape index (κ1) is 22.5. The summed E-state index contributed by atoms with van der Waals surface area (Å²) in [5.74, 6) is 0.360. The van der Waals surface area contributed by atoms with Crippen molar-refractivity contribution < 1.29 is 14.3 Å². The van der Waals surface area contributed by atoms with Crippen LogP contribution < -0.4 is 10.1 Å². The van der Waals surface area contributed by atoms with Crippen molar-refractivity contribution in [2.45, 2.75) is 47.1 Å². The minimum atomic E-state index is -0.560. The lowest BCUT2D eigenvalue weighted by molar-refractivity contribution is -0.141. The number of hydrogen-bond donors (Lipinski definition) is 1. The minimum absolute atomic E-state index is 0.0950. The maximum atomic E-state index is 13.0. The summed E-state index contributed by atoms with van der Waals surface area (Å²) in [6, 6.07) is 13.4. The molecule has 0 saturated heterocycles. The van der Waals surface area contributed by atoms with Gasteiger partial charge in [0.15, 0.2) is 6.61 Å². The Morgan fingerprint density at radius 1 is 1.10 bits per heavy atom. The normalized spacial score (nSPS) is 11.6. The molecule has 0 radical (unpaired) electrons. The van der Waals surface area contributed by atoms with Gasteiger partial charge in [0.25, 0.3) is 5.91 Å². The van der Waals surface area contributed by atoms with E-state index in [1.807, 2.05) is 64.1 Å². The van der Waals surface area contributed by atoms with Gasteiger partial charge in [0.2, 0.25) is 5.91 Å². The summed E-state index contributed by atoms with van der Waals surface area (Å²) in [7, 11) is 0. The standard InChI is InChI=1S/C24H32N2O3/c1-6-25-24(28)20(5)26(13-12-21-10-8-7-9-11-21)23(27)16-29-22-15-17(2)14-18(3)19(22)4/h7-11,14-15,20H,6,12-13,16H2,1-5H3,(H,25,28). The molecule has 5 heteroatoms. The van der Waals surface area contributed by atoms with E-state index in [9.17, 15) is 9.59 Å². The first-order valence-corrected chi connectivity index (χ1v) is 10.1. The van der Waals surface area contributed by atoms with E-state index in [-0.39, 0.29) is 18.4 Å². The Morgan fingerprint density at radius 2 is 1.79 bits per heavy atom. The summed E-state index contributed by atoms with van der Waals surface area (Å²) in [5, 5.41) is 2.80. The molecule has 0 saturated carbocycles. The van der Waals surface area contributed by atoms with Crippen molar-refractivity contribution in [1.29, 1.82) is 0 Å². The molecule has 29 heavy (non-hydrogen) atoms. The van der Waals surface area contributed by atoms with E-state index in [2.05, 4.69) is 11.4 Å². The van der Waals surface area contributed by atoms with Crippen LogP contribution in [0, 0.1) is 20.8 Å². The van der Waals surface area contributed by atoms with E-state index < -0.39 is 6.04 Å². The number of carbonyl (C=O) groups excluding carboxylic acids is 2. The summed E-state index contributed by atoms with van der Waals surface area (Å²) in [6.45, 7) is 10.5. The number of likely N-dealkylation sites (N-methyl/N-ethyl adjacent to an activating group) is 1. The van der Waals surface area contributed by atoms with Gasteiger partial charge in [-0.15, -0.1) is 0 Å². The summed E-state index contributed by atoms with van der Waals surface area (Å²) in [4.78, 5) is 27.0. The fourth-order valence-corrected chi connectivity index (χ4v) is 3.27. The highest BCUT2D eigenvalue weighted by Crippen LogP contribution is 2.23. The first-order valence-electron chi connectivity index (χ1n) is 10.1. The Morgan fingerprint density at radius 3 is 2.45 bits per heavy atom. The maximum Gasteiger partial charge on any atom is 0.261 e. The van der Waals surface area contributed by atoms with Gasteiger partial charge >= 0.3 is 0 Å². The van der Waals surface area contributed by atoms with Crippen LogP contribution in [0.25, 0.3) is 0 Å². The zero-order valence-corrected chi connectivity index (χ0v) is 18.1. The number of ether oxygens (including phenoxy) is 1. The van der Waals surface area contributed by atoms with Crippen LogP contribution in [-0.4, -0.2) is 42.5 Å². The molecule has 0 fully saturated rings. The number of carbonyl (C=O) groups is 2. The molecule has 0 aromatic heterocycles. The highest BCUT2D eigenvalue weighted by molar-refractivity contribution is 5.88. The highest BCUT2D eigenvalue weighted by atomic mass is 16.5. The predicted molar refractivity (Wildman–Crippen MR) is 116 cm³/mol. The molecule has 156 valence electrons. The fraction of sp³-hybridized carbons (Fsp3) is 0.417. The topological polar surface area (TPSA) is 58.6 Å². The second-order valence-electron chi connectivity index (χ2n) is 7.39. The van der Waals surface area contributed by atoms with Crippen LogP contribution in [0.1, 0.15) is 36.1 Å². The number of rotatable bonds is 9. The summed E-state index contributed by atoms with van der Waals surface area (Å²) >= 11 is 0. The maximum absolute atomic E-state index is 13.0. The molecule has 1 atom stereocenters. The van der Waals surface area contributed by atoms with Crippen molar-refractivity contribution >= 4 is 11.8 Å². The van der Waals surface area contributed by atoms with Crippen LogP contribution in [0.3, 0.4) is 0 Å². The Labute approximate surface area is 174 Å². The van der Waals surface area contributed by atoms with Crippen LogP contribution in [0.4, 0.5) is 0 Å². The first-order chi connectivity index (χ1) is 13.8. The van der Waals surface area contributed by atoms with E-state index in [1.165, 1.54) is 0 Å². The van der Waals surface area contributed by atoms with E-state index in [0.717, 1.165) is 22.3 Å². The molecule has 0 aliphatic heterocycles. The van der Waals surface area contributed by atoms with Gasteiger partial charge in [-0.2, -0.15) is 0 Å². The van der Waals surface area contributed by atoms with Crippen molar-refractivity contribution in [3.8, 4) is 5.75 Å². The zero-order valence-electron chi connectivity index (χ0n) is 18.1. The molecule has 1 unspecified atom stereocenters. The molecule has 0 aliphatic rings. The lowest BCUT2D eigenvalue weighted by Crippen LogP contribution is -2.50. The van der Waals surface area contributed by atoms with Gasteiger partial charge in [-0.1, -0.05) is 36.4 Å². The van der Waals surface area contributed by atoms with Crippen molar-refractivity contribution in [2.75, 3.05) is 19.7 Å². The van der Waals surface area contributed by atoms with Crippen LogP contribution in [0.5, 0.6) is 5.75 Å². The highest BCUT2D eigenvalue weighted by Gasteiger charge is 2.26. The van der Waals surface area contributed by atoms with Crippen molar-refractivity contribution in [3.05, 3.63) is 64.7 Å². The molecular formula is C24H32N2O3. The average Bonchev–Trinajstić information content (AvgIpc) is 2.70. The summed E-state index contributed by atoms with van der Waals surface area (Å²) in [5.41, 5.74) is 4.37. The van der Waals surface area contributed by atoms with Gasteiger partial charge in [0, 0.05) is 13.1 Å². The second kappa shape index (κ2) is 10.6. The molecule has 2 aromatic rings. The van der Waals surface area contributed by atoms with Gasteiger partial charge in [-0.3, -0.25) is 9.59 Å². The lowest BCUT2D eigenvalue weighted by Gasteiger charge is -2.28. The quantitative estimate of drug-likeness (QED) is 0.705. The molecule has 5 nitrogen and oxygen atoms in total. The van der Waals surface area contributed by atoms with E-state index >= 15 is 0 Å². The third-order valence-electron chi connectivity index (χ3n) is 5.12. The zero-order chi connectivity index (χ0) is 21.4. The third kappa shape index (κ3) is 6.34. The number of hydrogen-bond acceptors (Lipinski definition) is 3. The number of nitrogens with zero attached hydrogens (tertiary/aromatic N) is 1. The van der Waals surface area contributed by atoms with Crippen molar-refractivity contribution in [1.82, 2.24) is 10.2 Å². The summed E-state index contributed by atoms with van der Waals surface area (Å²) < 4.78 is 5.86. The SMILES string of the molecule is CCNC(=O)C(C)N(CCc1ccccc1)C(=O)COc1cc(C)cc(C)c1C. The van der Waals surface area contributed by atoms with Crippen LogP contribution in [0.15, 0.2) is 42.5 Å². The third-order valence-corrected chi connectivity index (χ3v) is 5.12. The van der Waals surface area contributed by atoms with Crippen molar-refractivity contribution in [3.63, 3.8) is 0 Å². The molecule has 0 heterocycles. The Kier molecular flexibility index (Phi) is 8.25. The van der Waals surface area contributed by atoms with Gasteiger partial charge < -0.3 is 15.0 Å². The Balaban J connectivity index is 2.11. The predicted octanol–water partition coefficient (Wildman–Crippen LogP) is 3.59. The molecule has 0 aliphatic carbocycles. The molecule has 2 aromatic carbocycles. The number of nitrogens with one attached hydrogen (secondary N) is 1. The van der Waals surface area contributed by atoms with Gasteiger partial charge in [-0.25, -0.2) is 0 Å². The van der Waals surface area contributed by atoms with E-state index in [4.69, 9.17) is 4.74 Å². The molecule has 0 bridgehead atoms. The van der Waals surface area contributed by atoms with Crippen molar-refractivity contribution in [2.24, 2.45) is 0 Å². The largest absolute Gasteiger partial charge is 0.483 e. The molecule has 2 rings (SSSR count). The Hall–Kier alpha value is -2.82. The van der Waals surface area contributed by atoms with Gasteiger partial charge in [-0.05, 0) is 69.4 Å². The van der Waals surface area contributed by atoms with Crippen LogP contribution >= 0.6 is 0 Å². The molecular weight excluding hydrogens is 364 g/mol. The molecule has 0 spiro atoms. The van der Waals surface area contributed by atoms with Gasteiger partial charge in [0.1, 0.15) is 11.8 Å². The van der Waals surface area contributed by atoms with Crippen LogP contribution in [0.2, 0.25) is 0 Å². The van der Waals surface area contributed by atoms with E-state index in [0.29, 0.717) is 25.3 Å². The number of benzene rings is 2. The number of aryl methyl sites for hydroxylation is 2. The number of amides is 2. The Bertz CT molecular complexity index is 834. The molecule has 1 N–H and O–H groups in total. The lowest BCUT2D eigenvalue weighted by atomic mass is 10.1. The monoisotopic (exact) mass is 396 g/mol. The molecule has 2 amide bonds.